The number of carbonyl (C=O) groups is 2. The minimum Gasteiger partial charge on any atom is -0.381 e. The molecule has 0 radical (unpaired) electrons. The first-order valence-corrected chi connectivity index (χ1v) is 10.1. The first-order chi connectivity index (χ1) is 12.2. The van der Waals surface area contributed by atoms with Crippen molar-refractivity contribution < 1.29 is 14.3 Å². The Morgan fingerprint density at radius 3 is 2.68 bits per heavy atom. The quantitative estimate of drug-likeness (QED) is 0.757. The van der Waals surface area contributed by atoms with Gasteiger partial charge in [-0.05, 0) is 63.3 Å². The summed E-state index contributed by atoms with van der Waals surface area (Å²) in [6.45, 7) is 5.00. The van der Waals surface area contributed by atoms with E-state index in [1.54, 1.807) is 0 Å². The van der Waals surface area contributed by atoms with Gasteiger partial charge in [-0.1, -0.05) is 0 Å². The molecule has 0 aromatic rings. The van der Waals surface area contributed by atoms with Crippen molar-refractivity contribution in [3.63, 3.8) is 0 Å². The van der Waals surface area contributed by atoms with Crippen LogP contribution in [0.5, 0.6) is 0 Å². The molecule has 0 aromatic carbocycles. The third-order valence-electron chi connectivity index (χ3n) is 5.92. The molecule has 0 aliphatic carbocycles. The summed E-state index contributed by atoms with van der Waals surface area (Å²) < 4.78 is 5.39. The number of rotatable bonds is 6. The van der Waals surface area contributed by atoms with E-state index < -0.39 is 0 Å². The molecule has 3 fully saturated rings. The van der Waals surface area contributed by atoms with Gasteiger partial charge < -0.3 is 20.3 Å². The Morgan fingerprint density at radius 2 is 1.92 bits per heavy atom. The third kappa shape index (κ3) is 5.68. The molecule has 0 spiro atoms. The number of piperidine rings is 1. The van der Waals surface area contributed by atoms with Crippen molar-refractivity contribution in [2.24, 2.45) is 11.8 Å². The van der Waals surface area contributed by atoms with Gasteiger partial charge in [-0.3, -0.25) is 9.59 Å². The van der Waals surface area contributed by atoms with Crippen LogP contribution in [0.3, 0.4) is 0 Å². The smallest absolute Gasteiger partial charge is 0.237 e. The van der Waals surface area contributed by atoms with E-state index in [2.05, 4.69) is 10.6 Å². The van der Waals surface area contributed by atoms with Crippen LogP contribution in [0.1, 0.15) is 51.4 Å². The summed E-state index contributed by atoms with van der Waals surface area (Å²) in [5.41, 5.74) is 0. The molecule has 0 bridgehead atoms. The van der Waals surface area contributed by atoms with E-state index in [-0.39, 0.29) is 11.9 Å². The van der Waals surface area contributed by atoms with Crippen LogP contribution in [0.4, 0.5) is 0 Å². The van der Waals surface area contributed by atoms with Gasteiger partial charge in [-0.25, -0.2) is 0 Å². The Kier molecular flexibility index (Phi) is 7.11. The molecule has 0 saturated carbocycles. The van der Waals surface area contributed by atoms with Gasteiger partial charge in [0.25, 0.3) is 0 Å². The van der Waals surface area contributed by atoms with Crippen LogP contribution in [-0.4, -0.2) is 62.1 Å². The maximum Gasteiger partial charge on any atom is 0.237 e. The molecule has 25 heavy (non-hydrogen) atoms. The fraction of sp³-hybridized carbons (Fsp3) is 0.895. The van der Waals surface area contributed by atoms with Gasteiger partial charge in [0.05, 0.1) is 6.04 Å². The second-order valence-corrected chi connectivity index (χ2v) is 7.84. The normalized spacial score (nSPS) is 28.1. The Hall–Kier alpha value is -1.14. The van der Waals surface area contributed by atoms with Crippen LogP contribution in [0.2, 0.25) is 0 Å². The number of hydrogen-bond acceptors (Lipinski definition) is 4. The highest BCUT2D eigenvalue weighted by molar-refractivity contribution is 5.82. The van der Waals surface area contributed by atoms with E-state index in [0.717, 1.165) is 77.8 Å². The summed E-state index contributed by atoms with van der Waals surface area (Å²) in [5.74, 6) is 1.46. The van der Waals surface area contributed by atoms with Gasteiger partial charge >= 0.3 is 0 Å². The lowest BCUT2D eigenvalue weighted by molar-refractivity contribution is -0.133. The Bertz CT molecular complexity index is 445. The van der Waals surface area contributed by atoms with Crippen molar-refractivity contribution in [3.05, 3.63) is 0 Å². The average molecular weight is 351 g/mol. The van der Waals surface area contributed by atoms with Crippen LogP contribution in [0.15, 0.2) is 0 Å². The van der Waals surface area contributed by atoms with E-state index in [4.69, 9.17) is 4.74 Å². The zero-order valence-corrected chi connectivity index (χ0v) is 15.3. The largest absolute Gasteiger partial charge is 0.381 e. The fourth-order valence-electron chi connectivity index (χ4n) is 4.26. The Labute approximate surface area is 151 Å². The number of ether oxygens (including phenoxy) is 1. The SMILES string of the molecule is O=C(NCC1CCCN(C(=O)CCC2CCOCC2)C1)C1CCCN1. The summed E-state index contributed by atoms with van der Waals surface area (Å²) in [4.78, 5) is 26.7. The Morgan fingerprint density at radius 1 is 1.08 bits per heavy atom. The first-order valence-electron chi connectivity index (χ1n) is 10.1. The van der Waals surface area contributed by atoms with Crippen molar-refractivity contribution in [2.45, 2.75) is 57.4 Å². The van der Waals surface area contributed by atoms with Crippen LogP contribution < -0.4 is 10.6 Å². The topological polar surface area (TPSA) is 70.7 Å². The monoisotopic (exact) mass is 351 g/mol. The van der Waals surface area contributed by atoms with E-state index >= 15 is 0 Å². The van der Waals surface area contributed by atoms with Crippen LogP contribution in [0.25, 0.3) is 0 Å². The summed E-state index contributed by atoms with van der Waals surface area (Å²) in [7, 11) is 0. The summed E-state index contributed by atoms with van der Waals surface area (Å²) in [6.07, 6.45) is 8.01. The maximum atomic E-state index is 12.5. The molecule has 2 N–H and O–H groups in total. The molecule has 142 valence electrons. The predicted octanol–water partition coefficient (Wildman–Crippen LogP) is 1.30. The highest BCUT2D eigenvalue weighted by atomic mass is 16.5. The second kappa shape index (κ2) is 9.53. The highest BCUT2D eigenvalue weighted by Crippen LogP contribution is 2.22. The zero-order chi connectivity index (χ0) is 17.5. The predicted molar refractivity (Wildman–Crippen MR) is 96.1 cm³/mol. The van der Waals surface area contributed by atoms with Gasteiger partial charge in [0, 0.05) is 39.3 Å². The molecule has 2 unspecified atom stereocenters. The Balaban J connectivity index is 1.36. The number of likely N-dealkylation sites (tertiary alicyclic amines) is 1. The number of nitrogens with one attached hydrogen (secondary N) is 2. The summed E-state index contributed by atoms with van der Waals surface area (Å²) in [5, 5.41) is 6.32. The molecular formula is C19H33N3O3. The van der Waals surface area contributed by atoms with E-state index in [1.807, 2.05) is 4.90 Å². The minimum absolute atomic E-state index is 0.0131. The number of carbonyl (C=O) groups excluding carboxylic acids is 2. The number of nitrogens with zero attached hydrogens (tertiary/aromatic N) is 1. The molecule has 0 aromatic heterocycles. The lowest BCUT2D eigenvalue weighted by Crippen LogP contribution is -2.46. The standard InChI is InChI=1S/C19H33N3O3/c23-18(6-5-15-7-11-25-12-8-15)22-10-2-3-16(14-22)13-21-19(24)17-4-1-9-20-17/h15-17,20H,1-14H2,(H,21,24). The molecule has 2 amide bonds. The molecular weight excluding hydrogens is 318 g/mol. The van der Waals surface area contributed by atoms with Gasteiger partial charge in [0.1, 0.15) is 0 Å². The van der Waals surface area contributed by atoms with E-state index in [1.165, 1.54) is 0 Å². The van der Waals surface area contributed by atoms with Crippen LogP contribution >= 0.6 is 0 Å². The van der Waals surface area contributed by atoms with Crippen molar-refractivity contribution in [3.8, 4) is 0 Å². The fourth-order valence-corrected chi connectivity index (χ4v) is 4.26. The van der Waals surface area contributed by atoms with Gasteiger partial charge in [-0.15, -0.1) is 0 Å². The summed E-state index contributed by atoms with van der Waals surface area (Å²) in [6, 6.07) is -0.0131. The number of amides is 2. The molecule has 2 atom stereocenters. The lowest BCUT2D eigenvalue weighted by atomic mass is 9.93. The third-order valence-corrected chi connectivity index (χ3v) is 5.92. The average Bonchev–Trinajstić information content (AvgIpc) is 3.20. The minimum atomic E-state index is -0.0131. The molecule has 3 heterocycles. The van der Waals surface area contributed by atoms with Gasteiger partial charge in [0.15, 0.2) is 0 Å². The van der Waals surface area contributed by atoms with Gasteiger partial charge in [0.2, 0.25) is 11.8 Å². The van der Waals surface area contributed by atoms with Crippen molar-refractivity contribution >= 4 is 11.8 Å². The molecule has 3 aliphatic rings. The first kappa shape index (κ1) is 18.6. The van der Waals surface area contributed by atoms with Crippen LogP contribution in [-0.2, 0) is 14.3 Å². The number of hydrogen-bond donors (Lipinski definition) is 2. The van der Waals surface area contributed by atoms with Crippen molar-refractivity contribution in [1.82, 2.24) is 15.5 Å². The molecule has 3 saturated heterocycles. The van der Waals surface area contributed by atoms with E-state index in [0.29, 0.717) is 30.7 Å². The van der Waals surface area contributed by atoms with Crippen molar-refractivity contribution in [1.29, 1.82) is 0 Å². The maximum absolute atomic E-state index is 12.5. The van der Waals surface area contributed by atoms with Crippen LogP contribution in [0, 0.1) is 11.8 Å². The molecule has 6 nitrogen and oxygen atoms in total. The molecule has 3 aliphatic heterocycles. The zero-order valence-electron chi connectivity index (χ0n) is 15.3. The highest BCUT2D eigenvalue weighted by Gasteiger charge is 2.26. The van der Waals surface area contributed by atoms with Gasteiger partial charge in [-0.2, -0.15) is 0 Å². The van der Waals surface area contributed by atoms with Crippen molar-refractivity contribution in [2.75, 3.05) is 39.4 Å². The molecule has 6 heteroatoms. The summed E-state index contributed by atoms with van der Waals surface area (Å²) >= 11 is 0. The lowest BCUT2D eigenvalue weighted by Gasteiger charge is -2.33. The second-order valence-electron chi connectivity index (χ2n) is 7.84. The van der Waals surface area contributed by atoms with E-state index in [9.17, 15) is 9.59 Å². The molecule has 3 rings (SSSR count).